The minimum Gasteiger partial charge on any atom is -0.373 e. The van der Waals surface area contributed by atoms with Crippen molar-refractivity contribution in [2.24, 2.45) is 0 Å². The summed E-state index contributed by atoms with van der Waals surface area (Å²) in [6.45, 7) is 5.85. The minimum absolute atomic E-state index is 0.0292. The Hall–Kier alpha value is -1.10. The quantitative estimate of drug-likeness (QED) is 0.899. The fourth-order valence-electron chi connectivity index (χ4n) is 3.38. The first-order chi connectivity index (χ1) is 10.0. The molecular formula is C16H21ClN2O2. The molecule has 5 heteroatoms. The highest BCUT2D eigenvalue weighted by Gasteiger charge is 2.40. The molecule has 1 saturated heterocycles. The summed E-state index contributed by atoms with van der Waals surface area (Å²) >= 11 is 6.48. The Morgan fingerprint density at radius 3 is 3.00 bits per heavy atom. The molecule has 2 unspecified atom stereocenters. The Morgan fingerprint density at radius 2 is 2.33 bits per heavy atom. The second-order valence-electron chi connectivity index (χ2n) is 6.01. The molecule has 3 rings (SSSR count). The number of likely N-dealkylation sites (N-methyl/N-ethyl adjacent to an activating group) is 1. The van der Waals surface area contributed by atoms with E-state index in [0.29, 0.717) is 11.4 Å². The zero-order valence-corrected chi connectivity index (χ0v) is 13.2. The van der Waals surface area contributed by atoms with Crippen LogP contribution in [0.1, 0.15) is 43.9 Å². The van der Waals surface area contributed by atoms with Gasteiger partial charge in [-0.3, -0.25) is 4.79 Å². The molecular weight excluding hydrogens is 288 g/mol. The molecule has 0 bridgehead atoms. The normalized spacial score (nSPS) is 25.8. The van der Waals surface area contributed by atoms with Crippen LogP contribution in [0, 0.1) is 0 Å². The highest BCUT2D eigenvalue weighted by atomic mass is 35.5. The number of rotatable bonds is 4. The fraction of sp³-hybridized carbons (Fsp3) is 0.562. The number of fused-ring (bicyclic) bond motifs is 1. The van der Waals surface area contributed by atoms with Crippen molar-refractivity contribution >= 4 is 23.2 Å². The maximum atomic E-state index is 11.5. The zero-order chi connectivity index (χ0) is 15.0. The summed E-state index contributed by atoms with van der Waals surface area (Å²) in [5.41, 5.74) is 2.63. The third-order valence-electron chi connectivity index (χ3n) is 4.43. The summed E-state index contributed by atoms with van der Waals surface area (Å²) in [6, 6.07) is 3.95. The number of carbonyl (C=O) groups is 1. The lowest BCUT2D eigenvalue weighted by Gasteiger charge is -2.35. The summed E-state index contributed by atoms with van der Waals surface area (Å²) in [6.07, 6.45) is 2.51. The van der Waals surface area contributed by atoms with E-state index >= 15 is 0 Å². The van der Waals surface area contributed by atoms with Gasteiger partial charge in [-0.25, -0.2) is 0 Å². The van der Waals surface area contributed by atoms with Gasteiger partial charge in [-0.2, -0.15) is 0 Å². The van der Waals surface area contributed by atoms with Crippen LogP contribution in [0.25, 0.3) is 0 Å². The van der Waals surface area contributed by atoms with E-state index in [9.17, 15) is 4.79 Å². The van der Waals surface area contributed by atoms with Gasteiger partial charge in [-0.15, -0.1) is 0 Å². The fourth-order valence-corrected chi connectivity index (χ4v) is 3.65. The van der Waals surface area contributed by atoms with Gasteiger partial charge in [0.2, 0.25) is 5.91 Å². The molecule has 114 valence electrons. The molecule has 4 nitrogen and oxygen atoms in total. The number of carbonyl (C=O) groups excluding carboxylic acids is 1. The Bertz CT molecular complexity index is 568. The summed E-state index contributed by atoms with van der Waals surface area (Å²) in [7, 11) is 0. The molecule has 2 heterocycles. The van der Waals surface area contributed by atoms with Gasteiger partial charge in [0.25, 0.3) is 0 Å². The monoisotopic (exact) mass is 308 g/mol. The van der Waals surface area contributed by atoms with E-state index in [2.05, 4.69) is 30.5 Å². The predicted molar refractivity (Wildman–Crippen MR) is 83.8 cm³/mol. The van der Waals surface area contributed by atoms with Crippen LogP contribution in [-0.2, 0) is 16.0 Å². The number of amides is 1. The SMILES string of the molecule is CCNC(c1cc2c(cc1Cl)NC(=O)C2)C1(C)CCCO1. The number of halogens is 1. The van der Waals surface area contributed by atoms with Gasteiger partial charge in [0.15, 0.2) is 0 Å². The zero-order valence-electron chi connectivity index (χ0n) is 12.5. The molecule has 0 aliphatic carbocycles. The molecule has 2 atom stereocenters. The van der Waals surface area contributed by atoms with Crippen molar-refractivity contribution in [3.63, 3.8) is 0 Å². The topological polar surface area (TPSA) is 50.4 Å². The molecule has 1 aromatic rings. The van der Waals surface area contributed by atoms with Gasteiger partial charge in [0.05, 0.1) is 18.1 Å². The largest absolute Gasteiger partial charge is 0.373 e. The number of ether oxygens (including phenoxy) is 1. The van der Waals surface area contributed by atoms with Gasteiger partial charge >= 0.3 is 0 Å². The van der Waals surface area contributed by atoms with Crippen molar-refractivity contribution in [3.05, 3.63) is 28.3 Å². The lowest BCUT2D eigenvalue weighted by atomic mass is 9.86. The lowest BCUT2D eigenvalue weighted by Crippen LogP contribution is -2.41. The highest BCUT2D eigenvalue weighted by Crippen LogP contribution is 2.42. The number of anilines is 1. The maximum absolute atomic E-state index is 11.5. The molecule has 0 saturated carbocycles. The molecule has 21 heavy (non-hydrogen) atoms. The molecule has 0 aromatic heterocycles. The summed E-state index contributed by atoms with van der Waals surface area (Å²) in [5.74, 6) is 0.0292. The van der Waals surface area contributed by atoms with Crippen LogP contribution in [0.4, 0.5) is 5.69 Å². The maximum Gasteiger partial charge on any atom is 0.228 e. The predicted octanol–water partition coefficient (Wildman–Crippen LogP) is 3.05. The van der Waals surface area contributed by atoms with Crippen molar-refractivity contribution in [1.29, 1.82) is 0 Å². The Morgan fingerprint density at radius 1 is 1.52 bits per heavy atom. The summed E-state index contributed by atoms with van der Waals surface area (Å²) in [4.78, 5) is 11.5. The Labute approximate surface area is 130 Å². The summed E-state index contributed by atoms with van der Waals surface area (Å²) < 4.78 is 6.00. The van der Waals surface area contributed by atoms with Crippen molar-refractivity contribution in [2.45, 2.75) is 44.8 Å². The second kappa shape index (κ2) is 5.59. The van der Waals surface area contributed by atoms with Crippen molar-refractivity contribution in [1.82, 2.24) is 5.32 Å². The Balaban J connectivity index is 2.00. The number of benzene rings is 1. The van der Waals surface area contributed by atoms with Crippen LogP contribution >= 0.6 is 11.6 Å². The van der Waals surface area contributed by atoms with Crippen molar-refractivity contribution in [3.8, 4) is 0 Å². The minimum atomic E-state index is -0.246. The van der Waals surface area contributed by atoms with E-state index in [1.165, 1.54) is 0 Å². The molecule has 1 aromatic carbocycles. The number of hydrogen-bond donors (Lipinski definition) is 2. The molecule has 2 aliphatic rings. The first kappa shape index (κ1) is 14.8. The van der Waals surface area contributed by atoms with E-state index in [1.54, 1.807) is 0 Å². The van der Waals surface area contributed by atoms with Gasteiger partial charge in [-0.05, 0) is 43.5 Å². The van der Waals surface area contributed by atoms with Crippen molar-refractivity contribution < 1.29 is 9.53 Å². The standard InChI is InChI=1S/C16H21ClN2O2/c1-3-18-15(16(2)5-4-6-21-16)11-7-10-8-14(20)19-13(10)9-12(11)17/h7,9,15,18H,3-6,8H2,1-2H3,(H,19,20). The van der Waals surface area contributed by atoms with Gasteiger partial charge in [0.1, 0.15) is 0 Å². The van der Waals surface area contributed by atoms with E-state index in [1.807, 2.05) is 6.07 Å². The molecule has 1 amide bonds. The first-order valence-corrected chi connectivity index (χ1v) is 7.91. The second-order valence-corrected chi connectivity index (χ2v) is 6.42. The average molecular weight is 309 g/mol. The smallest absolute Gasteiger partial charge is 0.228 e. The summed E-state index contributed by atoms with van der Waals surface area (Å²) in [5, 5.41) is 7.03. The first-order valence-electron chi connectivity index (χ1n) is 7.53. The number of nitrogens with one attached hydrogen (secondary N) is 2. The number of hydrogen-bond acceptors (Lipinski definition) is 3. The molecule has 2 aliphatic heterocycles. The molecule has 1 fully saturated rings. The van der Waals surface area contributed by atoms with E-state index in [-0.39, 0.29) is 17.6 Å². The Kier molecular flexibility index (Phi) is 3.95. The third-order valence-corrected chi connectivity index (χ3v) is 4.75. The van der Waals surface area contributed by atoms with E-state index < -0.39 is 0 Å². The third kappa shape index (κ3) is 2.68. The van der Waals surface area contributed by atoms with Gasteiger partial charge < -0.3 is 15.4 Å². The van der Waals surface area contributed by atoms with Crippen LogP contribution in [0.3, 0.4) is 0 Å². The molecule has 0 spiro atoms. The van der Waals surface area contributed by atoms with Crippen molar-refractivity contribution in [2.75, 3.05) is 18.5 Å². The van der Waals surface area contributed by atoms with Gasteiger partial charge in [0, 0.05) is 17.3 Å². The van der Waals surface area contributed by atoms with Crippen LogP contribution in [0.5, 0.6) is 0 Å². The van der Waals surface area contributed by atoms with E-state index in [4.69, 9.17) is 16.3 Å². The van der Waals surface area contributed by atoms with Crippen LogP contribution in [0.15, 0.2) is 12.1 Å². The van der Waals surface area contributed by atoms with Crippen LogP contribution < -0.4 is 10.6 Å². The van der Waals surface area contributed by atoms with E-state index in [0.717, 1.165) is 42.8 Å². The van der Waals surface area contributed by atoms with Crippen LogP contribution in [-0.4, -0.2) is 24.7 Å². The average Bonchev–Trinajstić information content (AvgIpc) is 3.01. The van der Waals surface area contributed by atoms with Crippen LogP contribution in [0.2, 0.25) is 5.02 Å². The molecule has 2 N–H and O–H groups in total. The highest BCUT2D eigenvalue weighted by molar-refractivity contribution is 6.32. The van der Waals surface area contributed by atoms with Gasteiger partial charge in [-0.1, -0.05) is 24.6 Å². The lowest BCUT2D eigenvalue weighted by molar-refractivity contribution is -0.115. The molecule has 0 radical (unpaired) electrons.